The zero-order valence-electron chi connectivity index (χ0n) is 10.9. The van der Waals surface area contributed by atoms with Gasteiger partial charge in [0.25, 0.3) is 0 Å². The standard InChI is InChI=1S/C14H20ClNOS/c1-10(2)6-16-7-11-3-4-14(13(15)5-11)18-12-8-17-9-12/h3-5,10,12,16H,6-9H2,1-2H3. The van der Waals surface area contributed by atoms with E-state index in [1.165, 1.54) is 5.56 Å². The van der Waals surface area contributed by atoms with E-state index < -0.39 is 0 Å². The minimum absolute atomic E-state index is 0.576. The van der Waals surface area contributed by atoms with Gasteiger partial charge >= 0.3 is 0 Å². The normalized spacial score (nSPS) is 16.0. The van der Waals surface area contributed by atoms with Crippen LogP contribution in [0.5, 0.6) is 0 Å². The fourth-order valence-electron chi connectivity index (χ4n) is 1.72. The third-order valence-corrected chi connectivity index (χ3v) is 4.42. The summed E-state index contributed by atoms with van der Waals surface area (Å²) in [5.41, 5.74) is 1.25. The summed E-state index contributed by atoms with van der Waals surface area (Å²) >= 11 is 8.12. The van der Waals surface area contributed by atoms with Crippen molar-refractivity contribution in [2.75, 3.05) is 19.8 Å². The Bertz CT molecular complexity index is 393. The van der Waals surface area contributed by atoms with Crippen LogP contribution in [0.3, 0.4) is 0 Å². The molecule has 0 saturated carbocycles. The van der Waals surface area contributed by atoms with Gasteiger partial charge in [0, 0.05) is 11.4 Å². The molecule has 1 heterocycles. The Labute approximate surface area is 118 Å². The maximum atomic E-state index is 6.31. The lowest BCUT2D eigenvalue weighted by Crippen LogP contribution is -2.30. The molecule has 2 nitrogen and oxygen atoms in total. The van der Waals surface area contributed by atoms with Gasteiger partial charge in [-0.05, 0) is 30.2 Å². The second-order valence-electron chi connectivity index (χ2n) is 5.07. The number of rotatable bonds is 6. The molecular formula is C14H20ClNOS. The lowest BCUT2D eigenvalue weighted by Gasteiger charge is -2.25. The summed E-state index contributed by atoms with van der Waals surface area (Å²) in [4.78, 5) is 1.16. The van der Waals surface area contributed by atoms with E-state index in [0.717, 1.165) is 36.2 Å². The lowest BCUT2D eigenvalue weighted by molar-refractivity contribution is 0.0455. The largest absolute Gasteiger partial charge is 0.379 e. The van der Waals surface area contributed by atoms with Crippen LogP contribution >= 0.6 is 23.4 Å². The van der Waals surface area contributed by atoms with Crippen molar-refractivity contribution in [2.24, 2.45) is 5.92 Å². The average Bonchev–Trinajstić information content (AvgIpc) is 2.25. The number of thioether (sulfide) groups is 1. The Morgan fingerprint density at radius 1 is 1.44 bits per heavy atom. The minimum Gasteiger partial charge on any atom is -0.379 e. The molecule has 100 valence electrons. The fourth-order valence-corrected chi connectivity index (χ4v) is 3.06. The van der Waals surface area contributed by atoms with Crippen molar-refractivity contribution in [3.05, 3.63) is 28.8 Å². The molecule has 0 amide bonds. The first-order valence-electron chi connectivity index (χ1n) is 6.38. The number of benzene rings is 1. The number of hydrogen-bond acceptors (Lipinski definition) is 3. The van der Waals surface area contributed by atoms with Crippen molar-refractivity contribution in [2.45, 2.75) is 30.5 Å². The van der Waals surface area contributed by atoms with Gasteiger partial charge in [-0.1, -0.05) is 31.5 Å². The van der Waals surface area contributed by atoms with Gasteiger partial charge in [-0.3, -0.25) is 0 Å². The summed E-state index contributed by atoms with van der Waals surface area (Å²) in [7, 11) is 0. The summed E-state index contributed by atoms with van der Waals surface area (Å²) in [5.74, 6) is 0.675. The molecule has 1 aromatic carbocycles. The Balaban J connectivity index is 1.87. The van der Waals surface area contributed by atoms with Gasteiger partial charge in [0.1, 0.15) is 0 Å². The Morgan fingerprint density at radius 2 is 2.22 bits per heavy atom. The summed E-state index contributed by atoms with van der Waals surface area (Å²) in [6, 6.07) is 6.34. The van der Waals surface area contributed by atoms with Crippen LogP contribution in [0.25, 0.3) is 0 Å². The number of halogens is 1. The highest BCUT2D eigenvalue weighted by molar-refractivity contribution is 8.00. The van der Waals surface area contributed by atoms with E-state index in [1.807, 2.05) is 11.8 Å². The third-order valence-electron chi connectivity index (χ3n) is 2.78. The van der Waals surface area contributed by atoms with E-state index in [-0.39, 0.29) is 0 Å². The van der Waals surface area contributed by atoms with Crippen LogP contribution in [-0.4, -0.2) is 25.0 Å². The molecule has 0 spiro atoms. The maximum absolute atomic E-state index is 6.31. The van der Waals surface area contributed by atoms with Crippen molar-refractivity contribution in [1.29, 1.82) is 0 Å². The molecule has 1 saturated heterocycles. The van der Waals surface area contributed by atoms with Crippen LogP contribution in [0.4, 0.5) is 0 Å². The molecule has 1 aliphatic rings. The number of ether oxygens (including phenoxy) is 1. The van der Waals surface area contributed by atoms with E-state index in [0.29, 0.717) is 11.2 Å². The molecule has 0 aromatic heterocycles. The van der Waals surface area contributed by atoms with Gasteiger partial charge in [-0.25, -0.2) is 0 Å². The van der Waals surface area contributed by atoms with Crippen LogP contribution in [0.2, 0.25) is 5.02 Å². The second kappa shape index (κ2) is 6.80. The average molecular weight is 286 g/mol. The van der Waals surface area contributed by atoms with Gasteiger partial charge in [0.05, 0.1) is 23.5 Å². The van der Waals surface area contributed by atoms with E-state index in [1.54, 1.807) is 0 Å². The summed E-state index contributed by atoms with van der Waals surface area (Å²) in [6.45, 7) is 8.03. The first kappa shape index (κ1) is 14.2. The van der Waals surface area contributed by atoms with E-state index >= 15 is 0 Å². The monoisotopic (exact) mass is 285 g/mol. The van der Waals surface area contributed by atoms with E-state index in [9.17, 15) is 0 Å². The molecule has 2 rings (SSSR count). The predicted molar refractivity (Wildman–Crippen MR) is 78.5 cm³/mol. The zero-order chi connectivity index (χ0) is 13.0. The molecule has 1 aromatic rings. The van der Waals surface area contributed by atoms with Gasteiger partial charge in [0.15, 0.2) is 0 Å². The Kier molecular flexibility index (Phi) is 5.37. The second-order valence-corrected chi connectivity index (χ2v) is 6.82. The lowest BCUT2D eigenvalue weighted by atomic mass is 10.2. The Hall–Kier alpha value is -0.220. The van der Waals surface area contributed by atoms with Gasteiger partial charge in [-0.15, -0.1) is 11.8 Å². The highest BCUT2D eigenvalue weighted by Crippen LogP contribution is 2.33. The molecule has 0 radical (unpaired) electrons. The third kappa shape index (κ3) is 4.16. The summed E-state index contributed by atoms with van der Waals surface area (Å²) in [5, 5.41) is 4.86. The van der Waals surface area contributed by atoms with Gasteiger partial charge in [-0.2, -0.15) is 0 Å². The van der Waals surface area contributed by atoms with Crippen LogP contribution in [0.15, 0.2) is 23.1 Å². The molecule has 0 bridgehead atoms. The molecule has 18 heavy (non-hydrogen) atoms. The Morgan fingerprint density at radius 3 is 2.78 bits per heavy atom. The summed E-state index contributed by atoms with van der Waals surface area (Å²) in [6.07, 6.45) is 0. The zero-order valence-corrected chi connectivity index (χ0v) is 12.5. The first-order valence-corrected chi connectivity index (χ1v) is 7.64. The minimum atomic E-state index is 0.576. The first-order chi connectivity index (χ1) is 8.65. The quantitative estimate of drug-likeness (QED) is 0.863. The van der Waals surface area contributed by atoms with Crippen molar-refractivity contribution >= 4 is 23.4 Å². The highest BCUT2D eigenvalue weighted by atomic mass is 35.5. The fraction of sp³-hybridized carbons (Fsp3) is 0.571. The molecule has 4 heteroatoms. The topological polar surface area (TPSA) is 21.3 Å². The van der Waals surface area contributed by atoms with Crippen molar-refractivity contribution in [3.63, 3.8) is 0 Å². The van der Waals surface area contributed by atoms with Crippen LogP contribution < -0.4 is 5.32 Å². The number of nitrogens with one attached hydrogen (secondary N) is 1. The van der Waals surface area contributed by atoms with E-state index in [4.69, 9.17) is 16.3 Å². The molecule has 1 N–H and O–H groups in total. The molecule has 0 atom stereocenters. The van der Waals surface area contributed by atoms with Gasteiger partial charge < -0.3 is 10.1 Å². The highest BCUT2D eigenvalue weighted by Gasteiger charge is 2.20. The maximum Gasteiger partial charge on any atom is 0.0611 e. The van der Waals surface area contributed by atoms with Crippen molar-refractivity contribution < 1.29 is 4.74 Å². The van der Waals surface area contributed by atoms with Crippen LogP contribution in [0.1, 0.15) is 19.4 Å². The van der Waals surface area contributed by atoms with Crippen molar-refractivity contribution in [3.8, 4) is 0 Å². The molecule has 0 unspecified atom stereocenters. The molecular weight excluding hydrogens is 266 g/mol. The van der Waals surface area contributed by atoms with Crippen LogP contribution in [0, 0.1) is 5.92 Å². The SMILES string of the molecule is CC(C)CNCc1ccc(SC2COC2)c(Cl)c1. The molecule has 0 aliphatic carbocycles. The van der Waals surface area contributed by atoms with Gasteiger partial charge in [0.2, 0.25) is 0 Å². The molecule has 1 aliphatic heterocycles. The number of hydrogen-bond donors (Lipinski definition) is 1. The van der Waals surface area contributed by atoms with E-state index in [2.05, 4.69) is 37.4 Å². The predicted octanol–water partition coefficient (Wildman–Crippen LogP) is 3.58. The van der Waals surface area contributed by atoms with Crippen molar-refractivity contribution in [1.82, 2.24) is 5.32 Å². The summed E-state index contributed by atoms with van der Waals surface area (Å²) < 4.78 is 5.17. The van der Waals surface area contributed by atoms with Crippen LogP contribution in [-0.2, 0) is 11.3 Å². The molecule has 1 fully saturated rings. The smallest absolute Gasteiger partial charge is 0.0611 e.